The van der Waals surface area contributed by atoms with Gasteiger partial charge in [-0.15, -0.1) is 0 Å². The van der Waals surface area contributed by atoms with Crippen molar-refractivity contribution in [1.82, 2.24) is 5.32 Å². The van der Waals surface area contributed by atoms with Gasteiger partial charge in [-0.05, 0) is 30.4 Å². The third-order valence-electron chi connectivity index (χ3n) is 17.9. The van der Waals surface area contributed by atoms with Crippen molar-refractivity contribution in [2.24, 2.45) is 0 Å². The molecule has 2 aromatic rings. The average Bonchev–Trinajstić information content (AvgIpc) is 3.48. The van der Waals surface area contributed by atoms with Crippen LogP contribution in [0.4, 0.5) is 0 Å². The first-order chi connectivity index (χ1) is 43.4. The highest BCUT2D eigenvalue weighted by atomic mass is 32.2. The van der Waals surface area contributed by atoms with E-state index in [-0.39, 0.29) is 30.2 Å². The summed E-state index contributed by atoms with van der Waals surface area (Å²) in [5, 5.41) is 3.05. The highest BCUT2D eigenvalue weighted by Crippen LogP contribution is 2.28. The van der Waals surface area contributed by atoms with Gasteiger partial charge in [0.2, 0.25) is 5.91 Å². The van der Waals surface area contributed by atoms with Crippen LogP contribution in [0.5, 0.6) is 0 Å². The Morgan fingerprint density at radius 1 is 0.341 bits per heavy atom. The van der Waals surface area contributed by atoms with Crippen molar-refractivity contribution < 1.29 is 33.4 Å². The predicted octanol–water partition coefficient (Wildman–Crippen LogP) is 24.1. The molecular weight excluding hydrogens is 1110 g/mol. The molecule has 0 spiro atoms. The molecule has 1 N–H and O–H groups in total. The third-order valence-corrected chi connectivity index (χ3v) is 19.0. The standard InChI is InChI=1S/C79H137NO7S/c1-4-7-10-13-16-19-22-25-27-29-31-33-35-38-41-44-47-50-59-66-76(82)85-68-73(86-77(83)67-60-51-48-45-42-39-36-34-32-30-28-26-23-20-17-14-11-8-5-2)69-88-70-74(79(84)87-78(71-61-54-52-55-62-71)72-63-56-53-57-64-72)80-75(81)65-58-49-46-43-40-37-24-21-18-15-12-9-6-3/h52-57,61-64,73-74,78H,4-51,58-60,65-70H2,1-3H3,(H,80,81)/t73-,74-/m1/s1. The molecule has 2 atom stereocenters. The number of ether oxygens (including phenoxy) is 3. The Kier molecular flexibility index (Phi) is 57.3. The van der Waals surface area contributed by atoms with Crippen LogP contribution in [-0.2, 0) is 33.4 Å². The molecule has 0 heterocycles. The van der Waals surface area contributed by atoms with Crippen molar-refractivity contribution in [2.75, 3.05) is 18.1 Å². The highest BCUT2D eigenvalue weighted by Gasteiger charge is 2.28. The quantitative estimate of drug-likeness (QED) is 0.0396. The van der Waals surface area contributed by atoms with E-state index >= 15 is 0 Å². The van der Waals surface area contributed by atoms with Crippen molar-refractivity contribution in [3.63, 3.8) is 0 Å². The lowest BCUT2D eigenvalue weighted by atomic mass is 10.0. The van der Waals surface area contributed by atoms with Crippen molar-refractivity contribution >= 4 is 35.6 Å². The predicted molar refractivity (Wildman–Crippen MR) is 377 cm³/mol. The normalized spacial score (nSPS) is 12.1. The van der Waals surface area contributed by atoms with Gasteiger partial charge in [0.1, 0.15) is 18.8 Å². The van der Waals surface area contributed by atoms with Gasteiger partial charge in [-0.25, -0.2) is 4.79 Å². The average molecular weight is 1250 g/mol. The van der Waals surface area contributed by atoms with Crippen molar-refractivity contribution in [2.45, 2.75) is 386 Å². The van der Waals surface area contributed by atoms with Crippen LogP contribution < -0.4 is 5.32 Å². The number of carbonyl (C=O) groups is 4. The topological polar surface area (TPSA) is 108 Å². The number of esters is 3. The van der Waals surface area contributed by atoms with E-state index in [0.717, 1.165) is 68.9 Å². The summed E-state index contributed by atoms with van der Waals surface area (Å²) >= 11 is 1.41. The molecule has 0 saturated heterocycles. The van der Waals surface area contributed by atoms with Crippen LogP contribution in [0.2, 0.25) is 0 Å². The fraction of sp³-hybridized carbons (Fsp3) is 0.797. The summed E-state index contributed by atoms with van der Waals surface area (Å²) in [6, 6.07) is 18.5. The van der Waals surface area contributed by atoms with Gasteiger partial charge in [-0.3, -0.25) is 14.4 Å². The van der Waals surface area contributed by atoms with Crippen LogP contribution in [-0.4, -0.2) is 54.1 Å². The summed E-state index contributed by atoms with van der Waals surface area (Å²) in [5.74, 6) is -0.743. The number of hydrogen-bond acceptors (Lipinski definition) is 8. The SMILES string of the molecule is CCCCCCCCCCCCCCCCCCCCCC(=O)OC[C@H](CSC[C@@H](NC(=O)CCCCCCCCCCCCCCC)C(=O)OC(c1ccccc1)c1ccccc1)OC(=O)CCCCCCCCCCCCCCCCCCCCC. The molecule has 0 unspecified atom stereocenters. The van der Waals surface area contributed by atoms with E-state index in [4.69, 9.17) is 14.2 Å². The van der Waals surface area contributed by atoms with Crippen LogP contribution in [0, 0.1) is 0 Å². The molecule has 0 aliphatic carbocycles. The summed E-state index contributed by atoms with van der Waals surface area (Å²) in [4.78, 5) is 54.6. The largest absolute Gasteiger partial charge is 0.462 e. The first-order valence-corrected chi connectivity index (χ1v) is 39.1. The fourth-order valence-corrected chi connectivity index (χ4v) is 13.2. The second kappa shape index (κ2) is 62.5. The van der Waals surface area contributed by atoms with Gasteiger partial charge in [0.05, 0.1) is 0 Å². The van der Waals surface area contributed by atoms with Crippen molar-refractivity contribution in [3.8, 4) is 0 Å². The van der Waals surface area contributed by atoms with Crippen molar-refractivity contribution in [3.05, 3.63) is 71.8 Å². The number of benzene rings is 2. The Morgan fingerprint density at radius 3 is 0.943 bits per heavy atom. The Labute approximate surface area is 547 Å². The molecular formula is C79H137NO7S. The molecule has 8 nitrogen and oxygen atoms in total. The molecule has 0 aliphatic heterocycles. The summed E-state index contributed by atoms with van der Waals surface area (Å²) in [6.07, 6.45) is 64.9. The molecule has 0 fully saturated rings. The highest BCUT2D eigenvalue weighted by molar-refractivity contribution is 7.99. The van der Waals surface area contributed by atoms with E-state index in [2.05, 4.69) is 26.1 Å². The summed E-state index contributed by atoms with van der Waals surface area (Å²) in [7, 11) is 0. The number of amides is 1. The molecule has 0 bridgehead atoms. The molecule has 0 aromatic heterocycles. The molecule has 0 saturated carbocycles. The molecule has 1 amide bonds. The number of unbranched alkanes of at least 4 members (excludes halogenated alkanes) is 48. The minimum Gasteiger partial charge on any atom is -0.462 e. The van der Waals surface area contributed by atoms with Gasteiger partial charge in [0.15, 0.2) is 6.10 Å². The number of thioether (sulfide) groups is 1. The van der Waals surface area contributed by atoms with Crippen LogP contribution >= 0.6 is 11.8 Å². The maximum atomic E-state index is 14.3. The van der Waals surface area contributed by atoms with E-state index in [1.54, 1.807) is 0 Å². The first-order valence-electron chi connectivity index (χ1n) is 37.9. The summed E-state index contributed by atoms with van der Waals surface area (Å²) in [6.45, 7) is 6.80. The van der Waals surface area contributed by atoms with Crippen LogP contribution in [0.25, 0.3) is 0 Å². The van der Waals surface area contributed by atoms with Crippen LogP contribution in [0.1, 0.15) is 385 Å². The zero-order valence-corrected chi connectivity index (χ0v) is 58.4. The van der Waals surface area contributed by atoms with Gasteiger partial charge in [-0.2, -0.15) is 11.8 Å². The molecule has 506 valence electrons. The van der Waals surface area contributed by atoms with Gasteiger partial charge in [0, 0.05) is 30.8 Å². The minimum absolute atomic E-state index is 0.0412. The summed E-state index contributed by atoms with van der Waals surface area (Å²) in [5.41, 5.74) is 1.68. The second-order valence-electron chi connectivity index (χ2n) is 26.3. The number of rotatable bonds is 66. The van der Waals surface area contributed by atoms with Gasteiger partial charge in [0.25, 0.3) is 0 Å². The van der Waals surface area contributed by atoms with E-state index in [1.807, 2.05) is 60.7 Å². The molecule has 2 rings (SSSR count). The first kappa shape index (κ1) is 80.8. The van der Waals surface area contributed by atoms with Gasteiger partial charge in [-0.1, -0.05) is 390 Å². The van der Waals surface area contributed by atoms with Crippen LogP contribution in [0.15, 0.2) is 60.7 Å². The maximum absolute atomic E-state index is 14.3. The molecule has 2 aromatic carbocycles. The van der Waals surface area contributed by atoms with Crippen molar-refractivity contribution in [1.29, 1.82) is 0 Å². The van der Waals surface area contributed by atoms with E-state index in [0.29, 0.717) is 25.0 Å². The Hall–Kier alpha value is -3.33. The monoisotopic (exact) mass is 1240 g/mol. The Bertz CT molecular complexity index is 1810. The lowest BCUT2D eigenvalue weighted by Crippen LogP contribution is -2.44. The Morgan fingerprint density at radius 2 is 0.625 bits per heavy atom. The van der Waals surface area contributed by atoms with Crippen LogP contribution in [0.3, 0.4) is 0 Å². The molecule has 88 heavy (non-hydrogen) atoms. The van der Waals surface area contributed by atoms with E-state index < -0.39 is 24.2 Å². The Balaban J connectivity index is 1.90. The molecule has 0 aliphatic rings. The third kappa shape index (κ3) is 50.3. The number of hydrogen-bond donors (Lipinski definition) is 1. The van der Waals surface area contributed by atoms with Gasteiger partial charge < -0.3 is 19.5 Å². The molecule has 0 radical (unpaired) electrons. The molecule has 9 heteroatoms. The minimum atomic E-state index is -0.938. The maximum Gasteiger partial charge on any atom is 0.330 e. The zero-order chi connectivity index (χ0) is 63.1. The lowest BCUT2D eigenvalue weighted by Gasteiger charge is -2.24. The lowest BCUT2D eigenvalue weighted by molar-refractivity contribution is -0.157. The number of nitrogens with one attached hydrogen (secondary N) is 1. The smallest absolute Gasteiger partial charge is 0.330 e. The summed E-state index contributed by atoms with van der Waals surface area (Å²) < 4.78 is 18.2. The zero-order valence-electron chi connectivity index (χ0n) is 57.6. The fourth-order valence-electron chi connectivity index (χ4n) is 12.2. The van der Waals surface area contributed by atoms with E-state index in [9.17, 15) is 19.2 Å². The number of carbonyl (C=O) groups excluding carboxylic acids is 4. The van der Waals surface area contributed by atoms with E-state index in [1.165, 1.54) is 281 Å². The second-order valence-corrected chi connectivity index (χ2v) is 27.4. The van der Waals surface area contributed by atoms with Gasteiger partial charge >= 0.3 is 17.9 Å².